The molecular weight excluding hydrogens is 415 g/mol. The standard InChI is InChI=1S/C20H20F3N5O3/c1-12-9-27(4-5-28(12)17-3-2-15(8-24-17)20(21,22)23)10-14-7-25-26-18(14)16-6-13(11-31-16)19(29)30/h2-3,6-8,11-12H,4-5,9-10H2,1H3,(H,25,26)(H,29,30). The Morgan fingerprint density at radius 2 is 2.13 bits per heavy atom. The summed E-state index contributed by atoms with van der Waals surface area (Å²) in [6.45, 7) is 4.51. The van der Waals surface area contributed by atoms with Gasteiger partial charge in [0.2, 0.25) is 0 Å². The molecule has 8 nitrogen and oxygen atoms in total. The molecule has 1 aliphatic heterocycles. The fourth-order valence-electron chi connectivity index (χ4n) is 3.71. The van der Waals surface area contributed by atoms with Crippen molar-refractivity contribution < 1.29 is 27.5 Å². The summed E-state index contributed by atoms with van der Waals surface area (Å²) in [5.41, 5.74) is 0.771. The van der Waals surface area contributed by atoms with Gasteiger partial charge in [-0.05, 0) is 19.1 Å². The lowest BCUT2D eigenvalue weighted by molar-refractivity contribution is -0.137. The molecule has 3 aromatic rings. The highest BCUT2D eigenvalue weighted by Crippen LogP contribution is 2.30. The highest BCUT2D eigenvalue weighted by Gasteiger charge is 2.32. The van der Waals surface area contributed by atoms with Gasteiger partial charge in [-0.1, -0.05) is 0 Å². The quantitative estimate of drug-likeness (QED) is 0.633. The van der Waals surface area contributed by atoms with E-state index in [9.17, 15) is 18.0 Å². The maximum absolute atomic E-state index is 12.8. The number of aromatic carboxylic acids is 1. The van der Waals surface area contributed by atoms with Gasteiger partial charge in [0.15, 0.2) is 5.76 Å². The summed E-state index contributed by atoms with van der Waals surface area (Å²) in [5.74, 6) is -0.163. The van der Waals surface area contributed by atoms with Crippen LogP contribution < -0.4 is 4.90 Å². The van der Waals surface area contributed by atoms with Crippen molar-refractivity contribution in [1.29, 1.82) is 0 Å². The van der Waals surface area contributed by atoms with E-state index in [1.807, 2.05) is 11.8 Å². The third-order valence-electron chi connectivity index (χ3n) is 5.29. The third-order valence-corrected chi connectivity index (χ3v) is 5.29. The third kappa shape index (κ3) is 4.41. The van der Waals surface area contributed by atoms with Crippen LogP contribution in [0.15, 0.2) is 41.3 Å². The molecule has 0 aromatic carbocycles. The number of carboxylic acids is 1. The Morgan fingerprint density at radius 3 is 2.74 bits per heavy atom. The van der Waals surface area contributed by atoms with E-state index in [1.54, 1.807) is 6.20 Å². The van der Waals surface area contributed by atoms with Crippen molar-refractivity contribution in [2.75, 3.05) is 24.5 Å². The Bertz CT molecular complexity index is 1060. The molecule has 164 valence electrons. The van der Waals surface area contributed by atoms with E-state index in [0.717, 1.165) is 17.8 Å². The first-order chi connectivity index (χ1) is 14.7. The van der Waals surface area contributed by atoms with Crippen molar-refractivity contribution >= 4 is 11.8 Å². The fourth-order valence-corrected chi connectivity index (χ4v) is 3.71. The summed E-state index contributed by atoms with van der Waals surface area (Å²) in [7, 11) is 0. The second kappa shape index (κ2) is 8.06. The Kier molecular flexibility index (Phi) is 5.44. The summed E-state index contributed by atoms with van der Waals surface area (Å²) in [4.78, 5) is 19.3. The minimum absolute atomic E-state index is 0.0376. The molecule has 0 radical (unpaired) electrons. The highest BCUT2D eigenvalue weighted by molar-refractivity contribution is 5.88. The first-order valence-corrected chi connectivity index (χ1v) is 9.59. The SMILES string of the molecule is CC1CN(Cc2cn[nH]c2-c2cc(C(=O)O)co2)CCN1c1ccc(C(F)(F)F)cn1. The fraction of sp³-hybridized carbons (Fsp3) is 0.350. The monoisotopic (exact) mass is 435 g/mol. The van der Waals surface area contributed by atoms with Crippen molar-refractivity contribution in [3.05, 3.63) is 53.5 Å². The first-order valence-electron chi connectivity index (χ1n) is 9.59. The smallest absolute Gasteiger partial charge is 0.417 e. The van der Waals surface area contributed by atoms with Gasteiger partial charge in [-0.25, -0.2) is 9.78 Å². The molecule has 1 saturated heterocycles. The van der Waals surface area contributed by atoms with E-state index < -0.39 is 17.7 Å². The van der Waals surface area contributed by atoms with Crippen LogP contribution in [0.2, 0.25) is 0 Å². The molecule has 1 aliphatic rings. The summed E-state index contributed by atoms with van der Waals surface area (Å²) in [6, 6.07) is 3.93. The number of nitrogens with zero attached hydrogens (tertiary/aromatic N) is 4. The summed E-state index contributed by atoms with van der Waals surface area (Å²) < 4.78 is 43.6. The number of nitrogens with one attached hydrogen (secondary N) is 1. The molecule has 4 rings (SSSR count). The van der Waals surface area contributed by atoms with Gasteiger partial charge in [-0.3, -0.25) is 10.00 Å². The Morgan fingerprint density at radius 1 is 1.32 bits per heavy atom. The zero-order valence-corrected chi connectivity index (χ0v) is 16.6. The molecule has 1 atom stereocenters. The maximum atomic E-state index is 12.8. The van der Waals surface area contributed by atoms with Crippen molar-refractivity contribution in [3.8, 4) is 11.5 Å². The number of pyridine rings is 1. The van der Waals surface area contributed by atoms with E-state index >= 15 is 0 Å². The van der Waals surface area contributed by atoms with Crippen molar-refractivity contribution in [3.63, 3.8) is 0 Å². The van der Waals surface area contributed by atoms with E-state index in [0.29, 0.717) is 43.5 Å². The number of halogens is 3. The summed E-state index contributed by atoms with van der Waals surface area (Å²) >= 11 is 0. The number of hydrogen-bond acceptors (Lipinski definition) is 6. The van der Waals surface area contributed by atoms with Gasteiger partial charge in [0.05, 0.1) is 17.3 Å². The van der Waals surface area contributed by atoms with Crippen LogP contribution in [0.1, 0.15) is 28.4 Å². The zero-order chi connectivity index (χ0) is 22.2. The summed E-state index contributed by atoms with van der Waals surface area (Å²) in [5, 5.41) is 16.0. The topological polar surface area (TPSA) is 98.5 Å². The number of carbonyl (C=O) groups is 1. The minimum Gasteiger partial charge on any atom is -0.478 e. The average Bonchev–Trinajstić information content (AvgIpc) is 3.37. The molecule has 1 fully saturated rings. The normalized spacial score (nSPS) is 17.8. The predicted molar refractivity (Wildman–Crippen MR) is 105 cm³/mol. The molecule has 1 unspecified atom stereocenters. The van der Waals surface area contributed by atoms with Crippen LogP contribution in [0.4, 0.5) is 19.0 Å². The molecule has 11 heteroatoms. The highest BCUT2D eigenvalue weighted by atomic mass is 19.4. The second-order valence-electron chi connectivity index (χ2n) is 7.46. The van der Waals surface area contributed by atoms with Crippen LogP contribution in [0.5, 0.6) is 0 Å². The number of carboxylic acid groups (broad SMARTS) is 1. The molecule has 3 aromatic heterocycles. The molecule has 0 spiro atoms. The van der Waals surface area contributed by atoms with Crippen molar-refractivity contribution in [1.82, 2.24) is 20.1 Å². The van der Waals surface area contributed by atoms with Gasteiger partial charge < -0.3 is 14.4 Å². The molecular formula is C20H20F3N5O3. The lowest BCUT2D eigenvalue weighted by Gasteiger charge is -2.40. The van der Waals surface area contributed by atoms with Crippen LogP contribution in [-0.2, 0) is 12.7 Å². The van der Waals surface area contributed by atoms with Crippen molar-refractivity contribution in [2.45, 2.75) is 25.7 Å². The number of H-pyrrole nitrogens is 1. The van der Waals surface area contributed by atoms with Crippen LogP contribution >= 0.6 is 0 Å². The second-order valence-corrected chi connectivity index (χ2v) is 7.46. The molecule has 0 bridgehead atoms. The van der Waals surface area contributed by atoms with E-state index in [4.69, 9.17) is 9.52 Å². The number of furan rings is 1. The number of aromatic amines is 1. The largest absolute Gasteiger partial charge is 0.478 e. The molecule has 0 aliphatic carbocycles. The van der Waals surface area contributed by atoms with Crippen molar-refractivity contribution in [2.24, 2.45) is 0 Å². The minimum atomic E-state index is -4.41. The van der Waals surface area contributed by atoms with Gasteiger partial charge in [0, 0.05) is 50.0 Å². The zero-order valence-electron chi connectivity index (χ0n) is 16.6. The maximum Gasteiger partial charge on any atom is 0.417 e. The Hall–Kier alpha value is -3.34. The predicted octanol–water partition coefficient (Wildman–Crippen LogP) is 3.49. The van der Waals surface area contributed by atoms with E-state index in [-0.39, 0.29) is 11.6 Å². The number of anilines is 1. The number of alkyl halides is 3. The Labute approximate surface area is 175 Å². The molecule has 0 amide bonds. The number of hydrogen-bond donors (Lipinski definition) is 2. The lowest BCUT2D eigenvalue weighted by atomic mass is 10.1. The van der Waals surface area contributed by atoms with Crippen LogP contribution in [0, 0.1) is 0 Å². The van der Waals surface area contributed by atoms with Crippen LogP contribution in [0.25, 0.3) is 11.5 Å². The Balaban J connectivity index is 1.42. The van der Waals surface area contributed by atoms with Gasteiger partial charge in [0.1, 0.15) is 17.8 Å². The first kappa shape index (κ1) is 20.9. The van der Waals surface area contributed by atoms with Gasteiger partial charge in [0.25, 0.3) is 0 Å². The summed E-state index contributed by atoms with van der Waals surface area (Å²) in [6.07, 6.45) is -0.689. The van der Waals surface area contributed by atoms with Crippen LogP contribution in [0.3, 0.4) is 0 Å². The molecule has 2 N–H and O–H groups in total. The molecule has 0 saturated carbocycles. The number of aromatic nitrogens is 3. The van der Waals surface area contributed by atoms with E-state index in [2.05, 4.69) is 20.1 Å². The average molecular weight is 435 g/mol. The number of rotatable bonds is 5. The molecule has 31 heavy (non-hydrogen) atoms. The molecule has 4 heterocycles. The van der Waals surface area contributed by atoms with Gasteiger partial charge in [-0.2, -0.15) is 18.3 Å². The van der Waals surface area contributed by atoms with Crippen LogP contribution in [-0.4, -0.2) is 56.8 Å². The number of piperazine rings is 1. The lowest BCUT2D eigenvalue weighted by Crippen LogP contribution is -2.51. The van der Waals surface area contributed by atoms with E-state index in [1.165, 1.54) is 18.4 Å². The van der Waals surface area contributed by atoms with Gasteiger partial charge >= 0.3 is 12.1 Å². The van der Waals surface area contributed by atoms with Gasteiger partial charge in [-0.15, -0.1) is 0 Å².